The summed E-state index contributed by atoms with van der Waals surface area (Å²) in [6, 6.07) is 1.87. The summed E-state index contributed by atoms with van der Waals surface area (Å²) in [5.41, 5.74) is 0.788. The number of hydrogen-bond acceptors (Lipinski definition) is 7. The van der Waals surface area contributed by atoms with E-state index in [2.05, 4.69) is 29.4 Å². The molecule has 1 amide bonds. The first-order valence-corrected chi connectivity index (χ1v) is 9.98. The molecular formula is C15H18N8O2S. The summed E-state index contributed by atoms with van der Waals surface area (Å²) in [5.74, 6) is 1.56. The molecule has 1 atom stereocenters. The summed E-state index contributed by atoms with van der Waals surface area (Å²) in [7, 11) is -2.83. The van der Waals surface area contributed by atoms with Crippen LogP contribution in [0.5, 0.6) is 0 Å². The predicted molar refractivity (Wildman–Crippen MR) is 94.2 cm³/mol. The molecule has 1 unspecified atom stereocenters. The van der Waals surface area contributed by atoms with Crippen molar-refractivity contribution in [3.8, 4) is 0 Å². The van der Waals surface area contributed by atoms with Crippen molar-refractivity contribution in [1.29, 1.82) is 0 Å². The normalized spacial score (nSPS) is 16.3. The molecule has 0 saturated carbocycles. The summed E-state index contributed by atoms with van der Waals surface area (Å²) < 4.78 is 20.2. The molecular weight excluding hydrogens is 356 g/mol. The van der Waals surface area contributed by atoms with Crippen molar-refractivity contribution in [2.45, 2.75) is 31.8 Å². The molecule has 0 fully saturated rings. The molecule has 1 aliphatic heterocycles. The van der Waals surface area contributed by atoms with Gasteiger partial charge in [0.2, 0.25) is 0 Å². The van der Waals surface area contributed by atoms with E-state index in [4.69, 9.17) is 0 Å². The average molecular weight is 374 g/mol. The third kappa shape index (κ3) is 2.73. The number of carbonyl (C=O) groups is 1. The van der Waals surface area contributed by atoms with Crippen molar-refractivity contribution in [2.24, 2.45) is 4.36 Å². The van der Waals surface area contributed by atoms with Crippen LogP contribution in [0, 0.1) is 6.92 Å². The number of fused-ring (bicyclic) bond motifs is 2. The lowest BCUT2D eigenvalue weighted by molar-refractivity contribution is -0.115. The largest absolute Gasteiger partial charge is 0.349 e. The van der Waals surface area contributed by atoms with Gasteiger partial charge in [0.1, 0.15) is 11.6 Å². The van der Waals surface area contributed by atoms with Crippen LogP contribution in [0.3, 0.4) is 0 Å². The zero-order chi connectivity index (χ0) is 18.5. The van der Waals surface area contributed by atoms with Crippen LogP contribution in [0.2, 0.25) is 0 Å². The number of nitrogens with zero attached hydrogens (tertiary/aromatic N) is 8. The number of carbonyl (C=O) groups excluding carboxylic acids is 1. The molecule has 136 valence electrons. The highest BCUT2D eigenvalue weighted by Gasteiger charge is 2.26. The maximum absolute atomic E-state index is 12.9. The molecule has 0 spiro atoms. The van der Waals surface area contributed by atoms with E-state index in [1.807, 2.05) is 17.7 Å². The van der Waals surface area contributed by atoms with Crippen LogP contribution in [0.15, 0.2) is 27.7 Å². The molecule has 1 aliphatic rings. The SMILES string of the molecule is CC(=O)N=S(C)(=O)c1cnn2c1CN(c1ccnc3nc(C)nn13)CC2. The van der Waals surface area contributed by atoms with E-state index in [9.17, 15) is 9.00 Å². The second-order valence-electron chi connectivity index (χ2n) is 6.19. The molecule has 26 heavy (non-hydrogen) atoms. The number of aromatic nitrogens is 6. The van der Waals surface area contributed by atoms with Gasteiger partial charge in [-0.3, -0.25) is 9.48 Å². The summed E-state index contributed by atoms with van der Waals surface area (Å²) >= 11 is 0. The first-order chi connectivity index (χ1) is 12.3. The summed E-state index contributed by atoms with van der Waals surface area (Å²) in [4.78, 5) is 22.5. The first kappa shape index (κ1) is 16.6. The number of aryl methyl sites for hydroxylation is 1. The summed E-state index contributed by atoms with van der Waals surface area (Å²) in [6.07, 6.45) is 4.71. The van der Waals surface area contributed by atoms with E-state index in [1.54, 1.807) is 16.9 Å². The Kier molecular flexibility index (Phi) is 3.75. The van der Waals surface area contributed by atoms with E-state index in [0.717, 1.165) is 11.5 Å². The lowest BCUT2D eigenvalue weighted by Gasteiger charge is -2.30. The first-order valence-electron chi connectivity index (χ1n) is 8.06. The Balaban J connectivity index is 1.77. The Morgan fingerprint density at radius 2 is 2.15 bits per heavy atom. The third-order valence-corrected chi connectivity index (χ3v) is 5.96. The van der Waals surface area contributed by atoms with Crippen LogP contribution < -0.4 is 4.90 Å². The topological polar surface area (TPSA) is 111 Å². The minimum atomic E-state index is -2.83. The highest BCUT2D eigenvalue weighted by Crippen LogP contribution is 2.26. The van der Waals surface area contributed by atoms with Crippen molar-refractivity contribution in [2.75, 3.05) is 17.7 Å². The molecule has 0 bridgehead atoms. The van der Waals surface area contributed by atoms with E-state index in [1.165, 1.54) is 13.2 Å². The van der Waals surface area contributed by atoms with Crippen LogP contribution in [-0.4, -0.2) is 52.3 Å². The van der Waals surface area contributed by atoms with Gasteiger partial charge in [-0.1, -0.05) is 0 Å². The highest BCUT2D eigenvalue weighted by molar-refractivity contribution is 7.93. The molecule has 4 rings (SSSR count). The number of anilines is 1. The summed E-state index contributed by atoms with van der Waals surface area (Å²) in [5, 5.41) is 8.72. The van der Waals surface area contributed by atoms with Gasteiger partial charge in [0.15, 0.2) is 0 Å². The van der Waals surface area contributed by atoms with Crippen molar-refractivity contribution < 1.29 is 9.00 Å². The lowest BCUT2D eigenvalue weighted by atomic mass is 10.3. The molecule has 0 aliphatic carbocycles. The van der Waals surface area contributed by atoms with Gasteiger partial charge in [0.25, 0.3) is 11.7 Å². The van der Waals surface area contributed by atoms with Crippen molar-refractivity contribution in [3.05, 3.63) is 30.0 Å². The van der Waals surface area contributed by atoms with E-state index >= 15 is 0 Å². The van der Waals surface area contributed by atoms with Crippen molar-refractivity contribution in [1.82, 2.24) is 29.4 Å². The van der Waals surface area contributed by atoms with Crippen LogP contribution >= 0.6 is 0 Å². The van der Waals surface area contributed by atoms with Gasteiger partial charge in [0, 0.05) is 25.9 Å². The summed E-state index contributed by atoms with van der Waals surface area (Å²) in [6.45, 7) is 4.93. The van der Waals surface area contributed by atoms with Gasteiger partial charge in [0.05, 0.1) is 39.6 Å². The number of amides is 1. The van der Waals surface area contributed by atoms with E-state index in [-0.39, 0.29) is 0 Å². The third-order valence-electron chi connectivity index (χ3n) is 4.19. The Hall–Kier alpha value is -2.82. The number of hydrogen-bond donors (Lipinski definition) is 0. The molecule has 11 heteroatoms. The number of rotatable bonds is 2. The Morgan fingerprint density at radius 1 is 1.35 bits per heavy atom. The maximum Gasteiger partial charge on any atom is 0.254 e. The molecule has 10 nitrogen and oxygen atoms in total. The quantitative estimate of drug-likeness (QED) is 0.647. The van der Waals surface area contributed by atoms with Gasteiger partial charge in [-0.25, -0.2) is 9.19 Å². The second-order valence-corrected chi connectivity index (χ2v) is 8.41. The standard InChI is InChI=1S/C15H18N8O2S/c1-10-18-15-16-5-4-14(23(15)19-10)21-6-7-22-12(9-21)13(8-17-22)26(3,25)20-11(2)24/h4-5,8H,6-7,9H2,1-3H3. The monoisotopic (exact) mass is 374 g/mol. The van der Waals surface area contributed by atoms with Gasteiger partial charge < -0.3 is 4.90 Å². The maximum atomic E-state index is 12.9. The minimum absolute atomic E-state index is 0.459. The fraction of sp³-hybridized carbons (Fsp3) is 0.400. The van der Waals surface area contributed by atoms with Crippen LogP contribution in [0.25, 0.3) is 5.78 Å². The second kappa shape index (κ2) is 5.87. The fourth-order valence-corrected chi connectivity index (χ4v) is 4.59. The van der Waals surface area contributed by atoms with E-state index < -0.39 is 15.6 Å². The Bertz CT molecular complexity index is 1140. The zero-order valence-electron chi connectivity index (χ0n) is 14.7. The average Bonchev–Trinajstić information content (AvgIpc) is 3.15. The Morgan fingerprint density at radius 3 is 2.92 bits per heavy atom. The van der Waals surface area contributed by atoms with Crippen molar-refractivity contribution in [3.63, 3.8) is 0 Å². The molecule has 3 aromatic heterocycles. The van der Waals surface area contributed by atoms with Gasteiger partial charge >= 0.3 is 0 Å². The fourth-order valence-electron chi connectivity index (χ4n) is 3.15. The molecule has 0 N–H and O–H groups in total. The smallest absolute Gasteiger partial charge is 0.254 e. The molecule has 4 heterocycles. The van der Waals surface area contributed by atoms with Crippen LogP contribution in [0.1, 0.15) is 18.4 Å². The van der Waals surface area contributed by atoms with E-state index in [0.29, 0.717) is 36.1 Å². The van der Waals surface area contributed by atoms with Crippen LogP contribution in [0.4, 0.5) is 5.82 Å². The lowest BCUT2D eigenvalue weighted by Crippen LogP contribution is -2.35. The highest BCUT2D eigenvalue weighted by atomic mass is 32.2. The molecule has 3 aromatic rings. The zero-order valence-corrected chi connectivity index (χ0v) is 15.5. The van der Waals surface area contributed by atoms with Crippen LogP contribution in [-0.2, 0) is 27.6 Å². The Labute approximate surface area is 150 Å². The van der Waals surface area contributed by atoms with Crippen molar-refractivity contribution >= 4 is 27.2 Å². The van der Waals surface area contributed by atoms with Gasteiger partial charge in [-0.05, 0) is 13.0 Å². The molecule has 0 radical (unpaired) electrons. The molecule has 0 saturated heterocycles. The minimum Gasteiger partial charge on any atom is -0.349 e. The predicted octanol–water partition coefficient (Wildman–Crippen LogP) is 0.653. The van der Waals surface area contributed by atoms with Gasteiger partial charge in [-0.15, -0.1) is 5.10 Å². The van der Waals surface area contributed by atoms with Gasteiger partial charge in [-0.2, -0.15) is 19.0 Å². The molecule has 0 aromatic carbocycles.